The lowest BCUT2D eigenvalue weighted by Crippen LogP contribution is -2.30. The molecule has 0 radical (unpaired) electrons. The zero-order valence-electron chi connectivity index (χ0n) is 10.8. The van der Waals surface area contributed by atoms with Crippen molar-refractivity contribution in [3.63, 3.8) is 0 Å². The molecule has 0 aliphatic carbocycles. The van der Waals surface area contributed by atoms with E-state index in [1.807, 2.05) is 35.2 Å². The van der Waals surface area contributed by atoms with Crippen molar-refractivity contribution in [2.45, 2.75) is 19.3 Å². The van der Waals surface area contributed by atoms with Gasteiger partial charge in [-0.05, 0) is 12.0 Å². The molecule has 0 saturated heterocycles. The first-order chi connectivity index (χ1) is 9.08. The summed E-state index contributed by atoms with van der Waals surface area (Å²) < 4.78 is 0. The predicted molar refractivity (Wildman–Crippen MR) is 71.1 cm³/mol. The average molecular weight is 265 g/mol. The van der Waals surface area contributed by atoms with Crippen molar-refractivity contribution < 1.29 is 19.8 Å². The van der Waals surface area contributed by atoms with E-state index in [1.54, 1.807) is 0 Å². The summed E-state index contributed by atoms with van der Waals surface area (Å²) in [7, 11) is 0. The summed E-state index contributed by atoms with van der Waals surface area (Å²) in [4.78, 5) is 23.0. The van der Waals surface area contributed by atoms with Crippen LogP contribution in [0.5, 0.6) is 0 Å². The van der Waals surface area contributed by atoms with Crippen LogP contribution in [0.2, 0.25) is 0 Å². The molecule has 0 fully saturated rings. The minimum atomic E-state index is -0.861. The van der Waals surface area contributed by atoms with Crippen LogP contribution >= 0.6 is 0 Å². The highest BCUT2D eigenvalue weighted by Crippen LogP contribution is 2.03. The van der Waals surface area contributed by atoms with Crippen molar-refractivity contribution in [1.29, 1.82) is 0 Å². The van der Waals surface area contributed by atoms with E-state index in [0.717, 1.165) is 12.0 Å². The number of nitrogens with zero attached hydrogens (tertiary/aromatic N) is 1. The van der Waals surface area contributed by atoms with Gasteiger partial charge in [-0.2, -0.15) is 0 Å². The Morgan fingerprint density at radius 1 is 0.895 bits per heavy atom. The second kappa shape index (κ2) is 8.26. The summed E-state index contributed by atoms with van der Waals surface area (Å²) in [6.45, 7) is 1.44. The maximum atomic E-state index is 10.6. The molecular formula is C14H19NO4. The Morgan fingerprint density at radius 3 is 1.89 bits per heavy atom. The normalized spacial score (nSPS) is 10.6. The predicted octanol–water partition coefficient (Wildman–Crippen LogP) is 1.48. The molecule has 1 rings (SSSR count). The minimum absolute atomic E-state index is 0.0361. The molecule has 0 saturated carbocycles. The van der Waals surface area contributed by atoms with E-state index in [9.17, 15) is 9.59 Å². The fourth-order valence-electron chi connectivity index (χ4n) is 1.77. The third kappa shape index (κ3) is 7.21. The first-order valence-electron chi connectivity index (χ1n) is 6.28. The van der Waals surface area contributed by atoms with Crippen molar-refractivity contribution in [1.82, 2.24) is 4.90 Å². The quantitative estimate of drug-likeness (QED) is 0.707. The fraction of sp³-hybridized carbons (Fsp3) is 0.429. The van der Waals surface area contributed by atoms with E-state index >= 15 is 0 Å². The number of hydrogen-bond donors (Lipinski definition) is 2. The van der Waals surface area contributed by atoms with Crippen LogP contribution in [0.1, 0.15) is 18.4 Å². The van der Waals surface area contributed by atoms with Crippen LogP contribution in [0, 0.1) is 0 Å². The Hall–Kier alpha value is -1.88. The van der Waals surface area contributed by atoms with Crippen LogP contribution in [0.4, 0.5) is 0 Å². The van der Waals surface area contributed by atoms with Gasteiger partial charge in [0.25, 0.3) is 0 Å². The molecule has 19 heavy (non-hydrogen) atoms. The molecule has 5 heteroatoms. The summed E-state index contributed by atoms with van der Waals surface area (Å²) in [5.41, 5.74) is 1.16. The highest BCUT2D eigenvalue weighted by molar-refractivity contribution is 5.67. The molecule has 5 nitrogen and oxygen atoms in total. The van der Waals surface area contributed by atoms with Crippen molar-refractivity contribution in [2.75, 3.05) is 19.6 Å². The second-order valence-electron chi connectivity index (χ2n) is 4.36. The van der Waals surface area contributed by atoms with Gasteiger partial charge in [-0.15, -0.1) is 0 Å². The van der Waals surface area contributed by atoms with Gasteiger partial charge in [0.15, 0.2) is 0 Å². The zero-order valence-corrected chi connectivity index (χ0v) is 10.8. The molecule has 0 heterocycles. The van der Waals surface area contributed by atoms with E-state index in [-0.39, 0.29) is 12.8 Å². The topological polar surface area (TPSA) is 77.8 Å². The van der Waals surface area contributed by atoms with Crippen molar-refractivity contribution in [3.8, 4) is 0 Å². The molecule has 104 valence electrons. The van der Waals surface area contributed by atoms with Gasteiger partial charge >= 0.3 is 11.9 Å². The Labute approximate surface area is 112 Å². The standard InChI is InChI=1S/C14H19NO4/c16-13(17)7-10-15(11-8-14(18)19)9-6-12-4-2-1-3-5-12/h1-5H,6-11H2,(H,16,17)(H,18,19). The van der Waals surface area contributed by atoms with E-state index in [1.165, 1.54) is 0 Å². The zero-order chi connectivity index (χ0) is 14.1. The van der Waals surface area contributed by atoms with Gasteiger partial charge in [0.05, 0.1) is 12.8 Å². The van der Waals surface area contributed by atoms with Crippen LogP contribution < -0.4 is 0 Å². The molecule has 0 aliphatic rings. The lowest BCUT2D eigenvalue weighted by atomic mass is 10.1. The third-order valence-corrected chi connectivity index (χ3v) is 2.84. The first-order valence-corrected chi connectivity index (χ1v) is 6.28. The lowest BCUT2D eigenvalue weighted by Gasteiger charge is -2.20. The average Bonchev–Trinajstić information content (AvgIpc) is 2.38. The van der Waals surface area contributed by atoms with Crippen LogP contribution in [-0.4, -0.2) is 46.7 Å². The summed E-state index contributed by atoms with van der Waals surface area (Å²) >= 11 is 0. The number of benzene rings is 1. The van der Waals surface area contributed by atoms with Gasteiger partial charge in [0, 0.05) is 19.6 Å². The molecule has 1 aromatic carbocycles. The smallest absolute Gasteiger partial charge is 0.304 e. The van der Waals surface area contributed by atoms with Crippen LogP contribution in [0.3, 0.4) is 0 Å². The molecule has 0 bridgehead atoms. The monoisotopic (exact) mass is 265 g/mol. The van der Waals surface area contributed by atoms with Crippen molar-refractivity contribution in [3.05, 3.63) is 35.9 Å². The molecule has 0 aromatic heterocycles. The maximum Gasteiger partial charge on any atom is 0.304 e. The minimum Gasteiger partial charge on any atom is -0.481 e. The molecule has 0 aliphatic heterocycles. The maximum absolute atomic E-state index is 10.6. The molecule has 0 spiro atoms. The summed E-state index contributed by atoms with van der Waals surface area (Å²) in [6.07, 6.45) is 0.864. The molecule has 0 amide bonds. The highest BCUT2D eigenvalue weighted by atomic mass is 16.4. The van der Waals surface area contributed by atoms with Crippen molar-refractivity contribution >= 4 is 11.9 Å². The van der Waals surface area contributed by atoms with Crippen LogP contribution in [-0.2, 0) is 16.0 Å². The number of carbonyl (C=O) groups is 2. The van der Waals surface area contributed by atoms with Crippen LogP contribution in [0.25, 0.3) is 0 Å². The third-order valence-electron chi connectivity index (χ3n) is 2.84. The summed E-state index contributed by atoms with van der Waals surface area (Å²) in [6, 6.07) is 9.86. The second-order valence-corrected chi connectivity index (χ2v) is 4.36. The number of rotatable bonds is 9. The van der Waals surface area contributed by atoms with E-state index < -0.39 is 11.9 Å². The van der Waals surface area contributed by atoms with Crippen molar-refractivity contribution in [2.24, 2.45) is 0 Å². The Balaban J connectivity index is 2.43. The molecule has 2 N–H and O–H groups in total. The number of carboxylic acid groups (broad SMARTS) is 2. The van der Waals surface area contributed by atoms with Gasteiger partial charge in [0.1, 0.15) is 0 Å². The largest absolute Gasteiger partial charge is 0.481 e. The van der Waals surface area contributed by atoms with E-state index in [2.05, 4.69) is 0 Å². The number of aliphatic carboxylic acids is 2. The van der Waals surface area contributed by atoms with Gasteiger partial charge < -0.3 is 15.1 Å². The summed E-state index contributed by atoms with van der Waals surface area (Å²) in [5, 5.41) is 17.4. The lowest BCUT2D eigenvalue weighted by molar-refractivity contribution is -0.137. The van der Waals surface area contributed by atoms with Gasteiger partial charge in [-0.1, -0.05) is 30.3 Å². The Bertz CT molecular complexity index is 387. The molecule has 1 aromatic rings. The number of hydrogen-bond acceptors (Lipinski definition) is 3. The highest BCUT2D eigenvalue weighted by Gasteiger charge is 2.09. The fourth-order valence-corrected chi connectivity index (χ4v) is 1.77. The van der Waals surface area contributed by atoms with Gasteiger partial charge in [-0.25, -0.2) is 0 Å². The SMILES string of the molecule is O=C(O)CCN(CCC(=O)O)CCc1ccccc1. The van der Waals surface area contributed by atoms with E-state index in [0.29, 0.717) is 19.6 Å². The Kier molecular flexibility index (Phi) is 6.60. The molecular weight excluding hydrogens is 246 g/mol. The first kappa shape index (κ1) is 15.2. The van der Waals surface area contributed by atoms with E-state index in [4.69, 9.17) is 10.2 Å². The van der Waals surface area contributed by atoms with Crippen LogP contribution in [0.15, 0.2) is 30.3 Å². The summed E-state index contributed by atoms with van der Waals surface area (Å²) in [5.74, 6) is -1.72. The van der Waals surface area contributed by atoms with Gasteiger partial charge in [-0.3, -0.25) is 9.59 Å². The molecule has 0 atom stereocenters. The number of carboxylic acids is 2. The van der Waals surface area contributed by atoms with Gasteiger partial charge in [0.2, 0.25) is 0 Å². The molecule has 0 unspecified atom stereocenters. The Morgan fingerprint density at radius 2 is 1.42 bits per heavy atom.